The Balaban J connectivity index is 1.69. The minimum atomic E-state index is 0.678. The van der Waals surface area contributed by atoms with Crippen LogP contribution in [0.5, 0.6) is 0 Å². The van der Waals surface area contributed by atoms with Crippen molar-refractivity contribution in [1.29, 1.82) is 0 Å². The van der Waals surface area contributed by atoms with Crippen LogP contribution in [-0.2, 0) is 6.54 Å². The number of aromatic nitrogens is 1. The molecule has 1 aromatic carbocycles. The number of rotatable bonds is 3. The van der Waals surface area contributed by atoms with Crippen LogP contribution >= 0.6 is 0 Å². The zero-order valence-electron chi connectivity index (χ0n) is 11.9. The molecule has 2 N–H and O–H groups in total. The number of H-pyrrole nitrogens is 1. The van der Waals surface area contributed by atoms with Crippen molar-refractivity contribution in [3.05, 3.63) is 36.0 Å². The molecule has 3 unspecified atom stereocenters. The Bertz CT molecular complexity index is 543. The van der Waals surface area contributed by atoms with Gasteiger partial charge in [-0.15, -0.1) is 0 Å². The zero-order chi connectivity index (χ0) is 13.2. The Morgan fingerprint density at radius 1 is 1.21 bits per heavy atom. The van der Waals surface area contributed by atoms with Gasteiger partial charge in [-0.3, -0.25) is 0 Å². The second kappa shape index (κ2) is 5.38. The molecule has 0 saturated heterocycles. The summed E-state index contributed by atoms with van der Waals surface area (Å²) in [5, 5.41) is 5.13. The highest BCUT2D eigenvalue weighted by Crippen LogP contribution is 2.30. The Hall–Kier alpha value is -1.28. The summed E-state index contributed by atoms with van der Waals surface area (Å²) in [6.45, 7) is 5.77. The second-order valence-electron chi connectivity index (χ2n) is 6.11. The van der Waals surface area contributed by atoms with Crippen LogP contribution < -0.4 is 5.32 Å². The van der Waals surface area contributed by atoms with Crippen LogP contribution in [0.4, 0.5) is 0 Å². The number of benzene rings is 1. The minimum Gasteiger partial charge on any atom is -0.361 e. The fraction of sp³-hybridized carbons (Fsp3) is 0.529. The van der Waals surface area contributed by atoms with Gasteiger partial charge in [0.25, 0.3) is 0 Å². The molecular formula is C17H24N2. The van der Waals surface area contributed by atoms with Crippen molar-refractivity contribution in [3.8, 4) is 0 Å². The average molecular weight is 256 g/mol. The molecule has 0 radical (unpaired) electrons. The van der Waals surface area contributed by atoms with Gasteiger partial charge in [0.1, 0.15) is 0 Å². The minimum absolute atomic E-state index is 0.678. The first kappa shape index (κ1) is 12.7. The monoisotopic (exact) mass is 256 g/mol. The Kier molecular flexibility index (Phi) is 3.61. The van der Waals surface area contributed by atoms with E-state index in [0.29, 0.717) is 6.04 Å². The Labute approximate surface area is 115 Å². The van der Waals surface area contributed by atoms with E-state index in [-0.39, 0.29) is 0 Å². The van der Waals surface area contributed by atoms with E-state index in [1.807, 2.05) is 0 Å². The number of aromatic amines is 1. The Morgan fingerprint density at radius 3 is 2.95 bits per heavy atom. The van der Waals surface area contributed by atoms with Crippen LogP contribution in [0, 0.1) is 11.8 Å². The molecular weight excluding hydrogens is 232 g/mol. The first-order chi connectivity index (χ1) is 9.25. The normalized spacial score (nSPS) is 27.8. The quantitative estimate of drug-likeness (QED) is 0.850. The predicted molar refractivity (Wildman–Crippen MR) is 81.1 cm³/mol. The number of hydrogen-bond donors (Lipinski definition) is 2. The third kappa shape index (κ3) is 2.55. The number of nitrogens with one attached hydrogen (secondary N) is 2. The van der Waals surface area contributed by atoms with E-state index in [1.165, 1.54) is 35.7 Å². The lowest BCUT2D eigenvalue weighted by Gasteiger charge is -2.34. The zero-order valence-corrected chi connectivity index (χ0v) is 11.9. The highest BCUT2D eigenvalue weighted by atomic mass is 14.9. The van der Waals surface area contributed by atoms with E-state index in [4.69, 9.17) is 0 Å². The molecule has 1 fully saturated rings. The van der Waals surface area contributed by atoms with Crippen LogP contribution in [0.1, 0.15) is 38.7 Å². The highest BCUT2D eigenvalue weighted by Gasteiger charge is 2.26. The van der Waals surface area contributed by atoms with E-state index >= 15 is 0 Å². The summed E-state index contributed by atoms with van der Waals surface area (Å²) in [7, 11) is 0. The van der Waals surface area contributed by atoms with E-state index in [1.54, 1.807) is 0 Å². The number of fused-ring (bicyclic) bond motifs is 1. The van der Waals surface area contributed by atoms with Gasteiger partial charge < -0.3 is 10.3 Å². The third-order valence-corrected chi connectivity index (χ3v) is 4.94. The molecule has 3 rings (SSSR count). The summed E-state index contributed by atoms with van der Waals surface area (Å²) < 4.78 is 0. The predicted octanol–water partition coefficient (Wildman–Crippen LogP) is 4.08. The maximum atomic E-state index is 3.78. The molecule has 0 amide bonds. The van der Waals surface area contributed by atoms with Crippen LogP contribution in [0.15, 0.2) is 30.5 Å². The summed E-state index contributed by atoms with van der Waals surface area (Å²) in [5.74, 6) is 1.65. The van der Waals surface area contributed by atoms with Gasteiger partial charge >= 0.3 is 0 Å². The highest BCUT2D eigenvalue weighted by molar-refractivity contribution is 5.82. The molecule has 0 aliphatic heterocycles. The molecule has 1 aliphatic carbocycles. The van der Waals surface area contributed by atoms with Crippen molar-refractivity contribution in [2.45, 2.75) is 45.7 Å². The third-order valence-electron chi connectivity index (χ3n) is 4.94. The summed E-state index contributed by atoms with van der Waals surface area (Å²) in [5.41, 5.74) is 2.63. The van der Waals surface area contributed by atoms with Crippen molar-refractivity contribution in [2.24, 2.45) is 11.8 Å². The molecule has 19 heavy (non-hydrogen) atoms. The SMILES string of the molecule is CC1CCCC(NCc2c[nH]c3ccccc23)C1C. The second-order valence-corrected chi connectivity index (χ2v) is 6.11. The first-order valence-corrected chi connectivity index (χ1v) is 7.54. The van der Waals surface area contributed by atoms with Gasteiger partial charge in [-0.2, -0.15) is 0 Å². The standard InChI is InChI=1S/C17H24N2/c1-12-6-5-9-16(13(12)2)18-10-14-11-19-17-8-4-3-7-15(14)17/h3-4,7-8,11-13,16,18-19H,5-6,9-10H2,1-2H3. The topological polar surface area (TPSA) is 27.8 Å². The summed E-state index contributed by atoms with van der Waals surface area (Å²) in [6.07, 6.45) is 6.24. The van der Waals surface area contributed by atoms with E-state index < -0.39 is 0 Å². The van der Waals surface area contributed by atoms with Gasteiger partial charge in [0.05, 0.1) is 0 Å². The fourth-order valence-electron chi connectivity index (χ4n) is 3.39. The van der Waals surface area contributed by atoms with Gasteiger partial charge in [0.2, 0.25) is 0 Å². The van der Waals surface area contributed by atoms with Gasteiger partial charge in [-0.05, 0) is 29.9 Å². The molecule has 2 heteroatoms. The lowest BCUT2D eigenvalue weighted by atomic mass is 9.78. The van der Waals surface area contributed by atoms with E-state index in [9.17, 15) is 0 Å². The van der Waals surface area contributed by atoms with Crippen LogP contribution in [-0.4, -0.2) is 11.0 Å². The molecule has 0 bridgehead atoms. The van der Waals surface area contributed by atoms with E-state index in [2.05, 4.69) is 54.6 Å². The average Bonchev–Trinajstić information content (AvgIpc) is 2.84. The number of hydrogen-bond acceptors (Lipinski definition) is 1. The van der Waals surface area contributed by atoms with Crippen LogP contribution in [0.3, 0.4) is 0 Å². The molecule has 2 nitrogen and oxygen atoms in total. The molecule has 102 valence electrons. The summed E-state index contributed by atoms with van der Waals surface area (Å²) in [6, 6.07) is 9.23. The summed E-state index contributed by atoms with van der Waals surface area (Å²) >= 11 is 0. The lowest BCUT2D eigenvalue weighted by Crippen LogP contribution is -2.40. The molecule has 1 aromatic heterocycles. The van der Waals surface area contributed by atoms with Crippen molar-refractivity contribution in [3.63, 3.8) is 0 Å². The number of para-hydroxylation sites is 1. The van der Waals surface area contributed by atoms with Gasteiger partial charge in [0.15, 0.2) is 0 Å². The fourth-order valence-corrected chi connectivity index (χ4v) is 3.39. The van der Waals surface area contributed by atoms with Crippen molar-refractivity contribution in [1.82, 2.24) is 10.3 Å². The molecule has 1 saturated carbocycles. The van der Waals surface area contributed by atoms with Crippen LogP contribution in [0.2, 0.25) is 0 Å². The molecule has 3 atom stereocenters. The molecule has 1 aliphatic rings. The smallest absolute Gasteiger partial charge is 0.0457 e. The van der Waals surface area contributed by atoms with Crippen molar-refractivity contribution in [2.75, 3.05) is 0 Å². The van der Waals surface area contributed by atoms with Crippen molar-refractivity contribution < 1.29 is 0 Å². The van der Waals surface area contributed by atoms with Crippen molar-refractivity contribution >= 4 is 10.9 Å². The maximum absolute atomic E-state index is 3.78. The molecule has 0 spiro atoms. The Morgan fingerprint density at radius 2 is 2.05 bits per heavy atom. The lowest BCUT2D eigenvalue weighted by molar-refractivity contribution is 0.206. The maximum Gasteiger partial charge on any atom is 0.0457 e. The van der Waals surface area contributed by atoms with Gasteiger partial charge in [0, 0.05) is 29.7 Å². The molecule has 2 aromatic rings. The van der Waals surface area contributed by atoms with Gasteiger partial charge in [-0.1, -0.05) is 44.9 Å². The summed E-state index contributed by atoms with van der Waals surface area (Å²) in [4.78, 5) is 3.36. The molecule has 1 heterocycles. The van der Waals surface area contributed by atoms with Gasteiger partial charge in [-0.25, -0.2) is 0 Å². The first-order valence-electron chi connectivity index (χ1n) is 7.54. The van der Waals surface area contributed by atoms with Crippen LogP contribution in [0.25, 0.3) is 10.9 Å². The van der Waals surface area contributed by atoms with E-state index in [0.717, 1.165) is 18.4 Å². The largest absolute Gasteiger partial charge is 0.361 e.